The molecule has 0 fully saturated rings. The lowest BCUT2D eigenvalue weighted by Gasteiger charge is -1.87. The Hall–Kier alpha value is -2.54. The zero-order chi connectivity index (χ0) is 13.9. The minimum atomic E-state index is 0.711. The maximum atomic E-state index is 5.64. The number of para-hydroxylation sites is 2. The van der Waals surface area contributed by atoms with Crippen molar-refractivity contribution in [2.24, 2.45) is 7.05 Å². The molecule has 4 heteroatoms. The van der Waals surface area contributed by atoms with Crippen molar-refractivity contribution in [3.63, 3.8) is 0 Å². The van der Waals surface area contributed by atoms with E-state index in [1.165, 1.54) is 0 Å². The number of hydrogen-bond donors (Lipinski definition) is 0. The van der Waals surface area contributed by atoms with E-state index in [-0.39, 0.29) is 0 Å². The van der Waals surface area contributed by atoms with Crippen LogP contribution in [0.1, 0.15) is 23.8 Å². The molecule has 0 saturated heterocycles. The Morgan fingerprint density at radius 2 is 2.10 bits per heavy atom. The minimum Gasteiger partial charge on any atom is -0.441 e. The summed E-state index contributed by atoms with van der Waals surface area (Å²) in [5, 5.41) is 0. The summed E-state index contributed by atoms with van der Waals surface area (Å²) < 4.78 is 7.61. The van der Waals surface area contributed by atoms with Crippen molar-refractivity contribution >= 4 is 11.1 Å². The van der Waals surface area contributed by atoms with Crippen molar-refractivity contribution in [2.45, 2.75) is 19.8 Å². The SMILES string of the molecule is Cc1nc(C#CCCc2nc3ccccc3o2)cn1C. The van der Waals surface area contributed by atoms with Crippen molar-refractivity contribution in [2.75, 3.05) is 0 Å². The van der Waals surface area contributed by atoms with Gasteiger partial charge in [-0.25, -0.2) is 9.97 Å². The third-order valence-electron chi connectivity index (χ3n) is 3.13. The average Bonchev–Trinajstić information content (AvgIpc) is 2.98. The van der Waals surface area contributed by atoms with Crippen LogP contribution in [0.15, 0.2) is 34.9 Å². The molecule has 0 unspecified atom stereocenters. The van der Waals surface area contributed by atoms with Crippen LogP contribution in [0.5, 0.6) is 0 Å². The molecule has 0 aliphatic heterocycles. The van der Waals surface area contributed by atoms with Gasteiger partial charge in [0.05, 0.1) is 0 Å². The maximum Gasteiger partial charge on any atom is 0.196 e. The largest absolute Gasteiger partial charge is 0.441 e. The fourth-order valence-electron chi connectivity index (χ4n) is 1.97. The summed E-state index contributed by atoms with van der Waals surface area (Å²) in [5.74, 6) is 7.87. The lowest BCUT2D eigenvalue weighted by molar-refractivity contribution is 0.531. The normalized spacial score (nSPS) is 10.5. The zero-order valence-electron chi connectivity index (χ0n) is 11.6. The quantitative estimate of drug-likeness (QED) is 0.669. The van der Waals surface area contributed by atoms with Crippen LogP contribution in [0.3, 0.4) is 0 Å². The van der Waals surface area contributed by atoms with Crippen LogP contribution in [-0.4, -0.2) is 14.5 Å². The lowest BCUT2D eigenvalue weighted by Crippen LogP contribution is -1.86. The van der Waals surface area contributed by atoms with Crippen LogP contribution < -0.4 is 0 Å². The predicted molar refractivity (Wildman–Crippen MR) is 77.2 cm³/mol. The molecule has 100 valence electrons. The first kappa shape index (κ1) is 12.5. The van der Waals surface area contributed by atoms with Crippen molar-refractivity contribution in [1.82, 2.24) is 14.5 Å². The molecule has 2 aromatic heterocycles. The number of rotatable bonds is 2. The van der Waals surface area contributed by atoms with Gasteiger partial charge in [-0.05, 0) is 25.0 Å². The Morgan fingerprint density at radius 3 is 2.85 bits per heavy atom. The highest BCUT2D eigenvalue weighted by Gasteiger charge is 2.03. The molecule has 0 N–H and O–H groups in total. The van der Waals surface area contributed by atoms with Crippen LogP contribution in [0.4, 0.5) is 0 Å². The van der Waals surface area contributed by atoms with Gasteiger partial charge in [0, 0.05) is 26.1 Å². The fraction of sp³-hybridized carbons (Fsp3) is 0.250. The minimum absolute atomic E-state index is 0.711. The van der Waals surface area contributed by atoms with Gasteiger partial charge in [0.15, 0.2) is 11.5 Å². The molecule has 0 saturated carbocycles. The van der Waals surface area contributed by atoms with E-state index in [1.807, 2.05) is 49.0 Å². The Labute approximate surface area is 117 Å². The third kappa shape index (κ3) is 2.57. The summed E-state index contributed by atoms with van der Waals surface area (Å²) in [7, 11) is 1.96. The monoisotopic (exact) mass is 265 g/mol. The highest BCUT2D eigenvalue weighted by Crippen LogP contribution is 2.15. The van der Waals surface area contributed by atoms with E-state index in [0.29, 0.717) is 12.8 Å². The number of nitrogens with zero attached hydrogens (tertiary/aromatic N) is 3. The third-order valence-corrected chi connectivity index (χ3v) is 3.13. The van der Waals surface area contributed by atoms with E-state index in [4.69, 9.17) is 4.42 Å². The predicted octanol–water partition coefficient (Wildman–Crippen LogP) is 2.85. The molecule has 3 aromatic rings. The summed E-state index contributed by atoms with van der Waals surface area (Å²) in [6, 6.07) is 7.78. The first-order valence-corrected chi connectivity index (χ1v) is 6.55. The molecule has 4 nitrogen and oxygen atoms in total. The van der Waals surface area contributed by atoms with Crippen molar-refractivity contribution in [1.29, 1.82) is 0 Å². The second kappa shape index (κ2) is 5.22. The van der Waals surface area contributed by atoms with Gasteiger partial charge in [-0.15, -0.1) is 0 Å². The lowest BCUT2D eigenvalue weighted by atomic mass is 10.3. The van der Waals surface area contributed by atoms with Gasteiger partial charge in [-0.1, -0.05) is 18.1 Å². The molecule has 1 aromatic carbocycles. The molecule has 0 aliphatic carbocycles. The Bertz CT molecular complexity index is 749. The van der Waals surface area contributed by atoms with E-state index in [1.54, 1.807) is 0 Å². The summed E-state index contributed by atoms with van der Waals surface area (Å²) >= 11 is 0. The van der Waals surface area contributed by atoms with E-state index in [2.05, 4.69) is 21.8 Å². The first-order chi connectivity index (χ1) is 9.72. The van der Waals surface area contributed by atoms with Gasteiger partial charge >= 0.3 is 0 Å². The van der Waals surface area contributed by atoms with Crippen molar-refractivity contribution in [3.8, 4) is 11.8 Å². The van der Waals surface area contributed by atoms with Gasteiger partial charge in [0.1, 0.15) is 17.0 Å². The summed E-state index contributed by atoms with van der Waals surface area (Å²) in [6.07, 6.45) is 3.36. The second-order valence-corrected chi connectivity index (χ2v) is 4.66. The molecule has 0 radical (unpaired) electrons. The zero-order valence-corrected chi connectivity index (χ0v) is 11.6. The van der Waals surface area contributed by atoms with Crippen molar-refractivity contribution in [3.05, 3.63) is 47.9 Å². The topological polar surface area (TPSA) is 43.9 Å². The molecule has 2 heterocycles. The Morgan fingerprint density at radius 1 is 1.25 bits per heavy atom. The van der Waals surface area contributed by atoms with Gasteiger partial charge in [-0.3, -0.25) is 0 Å². The van der Waals surface area contributed by atoms with Crippen LogP contribution in [0, 0.1) is 18.8 Å². The smallest absolute Gasteiger partial charge is 0.196 e. The van der Waals surface area contributed by atoms with Gasteiger partial charge in [0.2, 0.25) is 0 Å². The molecule has 0 bridgehead atoms. The van der Waals surface area contributed by atoms with Crippen LogP contribution in [-0.2, 0) is 13.5 Å². The molecule has 20 heavy (non-hydrogen) atoms. The Balaban J connectivity index is 1.65. The first-order valence-electron chi connectivity index (χ1n) is 6.55. The van der Waals surface area contributed by atoms with E-state index < -0.39 is 0 Å². The highest BCUT2D eigenvalue weighted by atomic mass is 16.3. The second-order valence-electron chi connectivity index (χ2n) is 4.66. The number of fused-ring (bicyclic) bond motifs is 1. The number of oxazole rings is 1. The number of imidazole rings is 1. The van der Waals surface area contributed by atoms with Crippen LogP contribution >= 0.6 is 0 Å². The average molecular weight is 265 g/mol. The fourth-order valence-corrected chi connectivity index (χ4v) is 1.97. The molecule has 0 amide bonds. The number of benzene rings is 1. The molecule has 0 spiro atoms. The highest BCUT2D eigenvalue weighted by molar-refractivity contribution is 5.72. The number of aryl methyl sites for hydroxylation is 3. The van der Waals surface area contributed by atoms with Gasteiger partial charge < -0.3 is 8.98 Å². The molecular formula is C16H15N3O. The molecule has 3 rings (SSSR count). The van der Waals surface area contributed by atoms with E-state index in [0.717, 1.165) is 28.5 Å². The summed E-state index contributed by atoms with van der Waals surface area (Å²) in [5.41, 5.74) is 2.54. The molecule has 0 atom stereocenters. The maximum absolute atomic E-state index is 5.64. The Kier molecular flexibility index (Phi) is 3.26. The van der Waals surface area contributed by atoms with Gasteiger partial charge in [0.25, 0.3) is 0 Å². The molecule has 0 aliphatic rings. The van der Waals surface area contributed by atoms with Crippen LogP contribution in [0.25, 0.3) is 11.1 Å². The van der Waals surface area contributed by atoms with E-state index >= 15 is 0 Å². The number of aromatic nitrogens is 3. The number of hydrogen-bond acceptors (Lipinski definition) is 3. The van der Waals surface area contributed by atoms with Gasteiger partial charge in [-0.2, -0.15) is 0 Å². The van der Waals surface area contributed by atoms with Crippen molar-refractivity contribution < 1.29 is 4.42 Å². The summed E-state index contributed by atoms with van der Waals surface area (Å²) in [6.45, 7) is 1.96. The van der Waals surface area contributed by atoms with E-state index in [9.17, 15) is 0 Å². The molecular weight excluding hydrogens is 250 g/mol. The standard InChI is InChI=1S/C16H15N3O/c1-12-17-13(11-19(12)2)7-3-6-10-16-18-14-8-4-5-9-15(14)20-16/h4-5,8-9,11H,6,10H2,1-2H3. The summed E-state index contributed by atoms with van der Waals surface area (Å²) in [4.78, 5) is 8.76. The van der Waals surface area contributed by atoms with Crippen LogP contribution in [0.2, 0.25) is 0 Å².